The molecule has 2 fully saturated rings. The van der Waals surface area contributed by atoms with Crippen LogP contribution in [0.15, 0.2) is 29.6 Å². The summed E-state index contributed by atoms with van der Waals surface area (Å²) in [4.78, 5) is 40.7. The number of likely N-dealkylation sites (tertiary alicyclic amines) is 1. The van der Waals surface area contributed by atoms with Crippen LogP contribution in [0.3, 0.4) is 0 Å². The number of carboxylic acid groups (broad SMARTS) is 1. The van der Waals surface area contributed by atoms with Crippen LogP contribution in [0.25, 0.3) is 10.6 Å². The summed E-state index contributed by atoms with van der Waals surface area (Å²) in [5.41, 5.74) is 0.794. The quantitative estimate of drug-likeness (QED) is 0.623. The van der Waals surface area contributed by atoms with E-state index < -0.39 is 16.8 Å². The fraction of sp³-hybridized carbons (Fsp3) is 0.389. The molecule has 9 heteroatoms. The Kier molecular flexibility index (Phi) is 4.39. The van der Waals surface area contributed by atoms with Gasteiger partial charge >= 0.3 is 5.97 Å². The molecule has 140 valence electrons. The van der Waals surface area contributed by atoms with Crippen LogP contribution in [0.2, 0.25) is 0 Å². The topological polar surface area (TPSA) is 114 Å². The number of hydrogen-bond donors (Lipinski definition) is 1. The number of non-ortho nitro benzene ring substituents is 1. The summed E-state index contributed by atoms with van der Waals surface area (Å²) in [6.07, 6.45) is 2.06. The number of aromatic nitrogens is 1. The molecule has 2 heterocycles. The first-order valence-corrected chi connectivity index (χ1v) is 9.54. The summed E-state index contributed by atoms with van der Waals surface area (Å²) >= 11 is 1.24. The first-order valence-electron chi connectivity index (χ1n) is 8.66. The van der Waals surface area contributed by atoms with E-state index in [0.717, 1.165) is 12.8 Å². The molecule has 2 aromatic rings. The van der Waals surface area contributed by atoms with E-state index in [0.29, 0.717) is 23.0 Å². The number of nitrogens with zero attached hydrogens (tertiary/aromatic N) is 3. The van der Waals surface area contributed by atoms with Crippen molar-refractivity contribution in [2.75, 3.05) is 13.1 Å². The van der Waals surface area contributed by atoms with Crippen molar-refractivity contribution in [2.45, 2.75) is 12.8 Å². The van der Waals surface area contributed by atoms with Crippen molar-refractivity contribution in [2.24, 2.45) is 17.8 Å². The van der Waals surface area contributed by atoms with Crippen molar-refractivity contribution in [1.82, 2.24) is 9.88 Å². The largest absolute Gasteiger partial charge is 0.481 e. The highest BCUT2D eigenvalue weighted by Crippen LogP contribution is 2.44. The van der Waals surface area contributed by atoms with Crippen molar-refractivity contribution in [1.29, 1.82) is 0 Å². The molecule has 0 spiro atoms. The van der Waals surface area contributed by atoms with Crippen LogP contribution in [0, 0.1) is 27.9 Å². The molecule has 27 heavy (non-hydrogen) atoms. The third kappa shape index (κ3) is 3.42. The number of hydrogen-bond acceptors (Lipinski definition) is 6. The second kappa shape index (κ2) is 6.73. The van der Waals surface area contributed by atoms with E-state index in [1.165, 1.54) is 23.5 Å². The molecule has 1 aliphatic carbocycles. The third-order valence-electron chi connectivity index (χ3n) is 5.22. The zero-order valence-electron chi connectivity index (χ0n) is 14.3. The molecular formula is C18H17N3O5S. The highest BCUT2D eigenvalue weighted by Gasteiger charge is 2.47. The minimum absolute atomic E-state index is 0.0151. The second-order valence-electron chi connectivity index (χ2n) is 7.00. The van der Waals surface area contributed by atoms with E-state index >= 15 is 0 Å². The molecule has 2 aliphatic rings. The normalized spacial score (nSPS) is 22.0. The number of thiazole rings is 1. The van der Waals surface area contributed by atoms with Gasteiger partial charge in [0.15, 0.2) is 0 Å². The van der Waals surface area contributed by atoms with Gasteiger partial charge in [0.1, 0.15) is 10.7 Å². The van der Waals surface area contributed by atoms with Crippen LogP contribution in [-0.2, 0) is 4.79 Å². The van der Waals surface area contributed by atoms with Gasteiger partial charge in [-0.25, -0.2) is 4.98 Å². The number of benzene rings is 1. The number of carbonyl (C=O) groups is 2. The Labute approximate surface area is 158 Å². The second-order valence-corrected chi connectivity index (χ2v) is 7.86. The van der Waals surface area contributed by atoms with Gasteiger partial charge in [0, 0.05) is 36.2 Å². The van der Waals surface area contributed by atoms with Gasteiger partial charge in [-0.2, -0.15) is 0 Å². The van der Waals surface area contributed by atoms with Crippen molar-refractivity contribution in [3.8, 4) is 10.6 Å². The first-order chi connectivity index (χ1) is 12.9. The number of nitro groups is 1. The average molecular weight is 387 g/mol. The van der Waals surface area contributed by atoms with Gasteiger partial charge in [0.2, 0.25) is 0 Å². The summed E-state index contributed by atoms with van der Waals surface area (Å²) in [6.45, 7) is 0.656. The van der Waals surface area contributed by atoms with Crippen molar-refractivity contribution in [3.63, 3.8) is 0 Å². The Hall–Kier alpha value is -2.81. The molecule has 1 N–H and O–H groups in total. The Morgan fingerprint density at radius 2 is 2.07 bits per heavy atom. The van der Waals surface area contributed by atoms with E-state index in [9.17, 15) is 24.8 Å². The fourth-order valence-corrected chi connectivity index (χ4v) is 4.47. The Morgan fingerprint density at radius 1 is 1.30 bits per heavy atom. The number of aliphatic carboxylic acids is 1. The Balaban J connectivity index is 1.53. The average Bonchev–Trinajstić information content (AvgIpc) is 3.21. The van der Waals surface area contributed by atoms with Crippen LogP contribution >= 0.6 is 11.3 Å². The van der Waals surface area contributed by atoms with Crippen LogP contribution in [0.5, 0.6) is 0 Å². The highest BCUT2D eigenvalue weighted by molar-refractivity contribution is 7.13. The van der Waals surface area contributed by atoms with Crippen molar-refractivity contribution in [3.05, 3.63) is 45.5 Å². The van der Waals surface area contributed by atoms with E-state index in [1.807, 2.05) is 0 Å². The molecule has 1 saturated carbocycles. The van der Waals surface area contributed by atoms with Gasteiger partial charge in [-0.3, -0.25) is 19.7 Å². The Morgan fingerprint density at radius 3 is 2.74 bits per heavy atom. The number of amides is 1. The van der Waals surface area contributed by atoms with Gasteiger partial charge in [-0.15, -0.1) is 11.3 Å². The number of carbonyl (C=O) groups excluding carboxylic acids is 1. The minimum Gasteiger partial charge on any atom is -0.481 e. The molecule has 1 amide bonds. The lowest BCUT2D eigenvalue weighted by Gasteiger charge is -2.14. The molecule has 1 aromatic carbocycles. The lowest BCUT2D eigenvalue weighted by atomic mass is 9.92. The third-order valence-corrected chi connectivity index (χ3v) is 6.12. The van der Waals surface area contributed by atoms with Gasteiger partial charge in [-0.05, 0) is 24.7 Å². The van der Waals surface area contributed by atoms with Crippen LogP contribution in [0.1, 0.15) is 23.3 Å². The Bertz CT molecular complexity index is 923. The van der Waals surface area contributed by atoms with Gasteiger partial charge in [0.25, 0.3) is 11.6 Å². The molecular weight excluding hydrogens is 370 g/mol. The SMILES string of the molecule is O=C(O)[C@H]1CN(C(=O)c2csc(-c3cccc([N+](=O)[O-])c3)n2)C[C@@H]1C1CC1. The maximum atomic E-state index is 12.8. The summed E-state index contributed by atoms with van der Waals surface area (Å²) < 4.78 is 0. The van der Waals surface area contributed by atoms with E-state index in [-0.39, 0.29) is 29.8 Å². The first kappa shape index (κ1) is 17.6. The van der Waals surface area contributed by atoms with Gasteiger partial charge < -0.3 is 10.0 Å². The molecule has 1 aliphatic heterocycles. The van der Waals surface area contributed by atoms with Gasteiger partial charge in [-0.1, -0.05) is 12.1 Å². The number of carboxylic acids is 1. The zero-order valence-corrected chi connectivity index (χ0v) is 15.1. The predicted molar refractivity (Wildman–Crippen MR) is 97.4 cm³/mol. The van der Waals surface area contributed by atoms with Crippen LogP contribution in [-0.4, -0.2) is 44.9 Å². The molecule has 1 saturated heterocycles. The maximum absolute atomic E-state index is 12.8. The van der Waals surface area contributed by atoms with Crippen LogP contribution < -0.4 is 0 Å². The lowest BCUT2D eigenvalue weighted by Crippen LogP contribution is -2.30. The molecule has 0 bridgehead atoms. The highest BCUT2D eigenvalue weighted by atomic mass is 32.1. The van der Waals surface area contributed by atoms with Crippen molar-refractivity contribution < 1.29 is 19.6 Å². The monoisotopic (exact) mass is 387 g/mol. The lowest BCUT2D eigenvalue weighted by molar-refractivity contribution is -0.384. The van der Waals surface area contributed by atoms with Crippen molar-refractivity contribution >= 4 is 28.9 Å². The zero-order chi connectivity index (χ0) is 19.1. The van der Waals surface area contributed by atoms with E-state index in [1.54, 1.807) is 22.4 Å². The van der Waals surface area contributed by atoms with E-state index in [2.05, 4.69) is 4.98 Å². The molecule has 4 rings (SSSR count). The molecule has 0 radical (unpaired) electrons. The predicted octanol–water partition coefficient (Wildman–Crippen LogP) is 2.90. The summed E-state index contributed by atoms with van der Waals surface area (Å²) in [5.74, 6) is -1.23. The maximum Gasteiger partial charge on any atom is 0.308 e. The molecule has 8 nitrogen and oxygen atoms in total. The summed E-state index contributed by atoms with van der Waals surface area (Å²) in [6, 6.07) is 6.11. The smallest absolute Gasteiger partial charge is 0.308 e. The molecule has 2 atom stereocenters. The number of nitro benzene ring substituents is 1. The van der Waals surface area contributed by atoms with Gasteiger partial charge in [0.05, 0.1) is 10.8 Å². The summed E-state index contributed by atoms with van der Waals surface area (Å²) in [7, 11) is 0. The van der Waals surface area contributed by atoms with Crippen LogP contribution in [0.4, 0.5) is 5.69 Å². The van der Waals surface area contributed by atoms with E-state index in [4.69, 9.17) is 0 Å². The minimum atomic E-state index is -0.849. The fourth-order valence-electron chi connectivity index (χ4n) is 3.68. The standard InChI is InChI=1S/C18H17N3O5S/c22-17(20-7-13(10-4-5-10)14(8-20)18(23)24)15-9-27-16(19-15)11-2-1-3-12(6-11)21(25)26/h1-3,6,9-10,13-14H,4-5,7-8H2,(H,23,24)/t13-,14+/m1/s1. The summed E-state index contributed by atoms with van der Waals surface area (Å²) in [5, 5.41) is 22.5. The molecule has 0 unspecified atom stereocenters. The molecule has 1 aromatic heterocycles. The number of rotatable bonds is 5.